The summed E-state index contributed by atoms with van der Waals surface area (Å²) in [5.41, 5.74) is 0.647. The van der Waals surface area contributed by atoms with Gasteiger partial charge < -0.3 is 14.2 Å². The fraction of sp³-hybridized carbons (Fsp3) is 0.632. The normalized spacial score (nSPS) is 28.8. The Kier molecular flexibility index (Phi) is 5.54. The molecule has 2 aliphatic heterocycles. The minimum Gasteiger partial charge on any atom is -0.466 e. The van der Waals surface area contributed by atoms with Crippen molar-refractivity contribution in [2.75, 3.05) is 32.9 Å². The molecule has 0 aliphatic carbocycles. The molecule has 2 atom stereocenters. The van der Waals surface area contributed by atoms with Crippen molar-refractivity contribution in [3.63, 3.8) is 0 Å². The largest absolute Gasteiger partial charge is 0.466 e. The summed E-state index contributed by atoms with van der Waals surface area (Å²) in [6, 6.07) is 10.4. The van der Waals surface area contributed by atoms with Gasteiger partial charge in [0.05, 0.1) is 25.2 Å². The molecule has 5 heteroatoms. The molecule has 2 aliphatic rings. The van der Waals surface area contributed by atoms with Crippen LogP contribution in [0, 0.1) is 11.3 Å². The minimum atomic E-state index is -0.613. The van der Waals surface area contributed by atoms with Crippen LogP contribution >= 0.6 is 0 Å². The number of esters is 1. The molecule has 5 nitrogen and oxygen atoms in total. The molecule has 2 fully saturated rings. The van der Waals surface area contributed by atoms with E-state index in [4.69, 9.17) is 14.2 Å². The van der Waals surface area contributed by atoms with Gasteiger partial charge in [-0.25, -0.2) is 0 Å². The Morgan fingerprint density at radius 2 is 2.00 bits per heavy atom. The Hall–Kier alpha value is -1.43. The second kappa shape index (κ2) is 7.64. The Morgan fingerprint density at radius 1 is 1.29 bits per heavy atom. The lowest BCUT2D eigenvalue weighted by Crippen LogP contribution is -2.55. The summed E-state index contributed by atoms with van der Waals surface area (Å²) < 4.78 is 16.8. The Bertz CT molecular complexity index is 544. The zero-order chi connectivity index (χ0) is 17.0. The highest BCUT2D eigenvalue weighted by Crippen LogP contribution is 2.41. The van der Waals surface area contributed by atoms with Crippen LogP contribution in [-0.2, 0) is 25.5 Å². The summed E-state index contributed by atoms with van der Waals surface area (Å²) in [5, 5.41) is 0. The van der Waals surface area contributed by atoms with Gasteiger partial charge in [-0.1, -0.05) is 30.3 Å². The van der Waals surface area contributed by atoms with Crippen LogP contribution in [-0.4, -0.2) is 50.1 Å². The van der Waals surface area contributed by atoms with Gasteiger partial charge in [0.15, 0.2) is 6.29 Å². The third kappa shape index (κ3) is 3.63. The van der Waals surface area contributed by atoms with E-state index in [0.29, 0.717) is 26.4 Å². The van der Waals surface area contributed by atoms with Crippen LogP contribution in [0.15, 0.2) is 30.3 Å². The molecular formula is C19H27NO4. The van der Waals surface area contributed by atoms with Gasteiger partial charge >= 0.3 is 5.97 Å². The molecule has 0 amide bonds. The molecule has 2 unspecified atom stereocenters. The molecule has 132 valence electrons. The predicted octanol–water partition coefficient (Wildman–Crippen LogP) is 2.45. The average molecular weight is 333 g/mol. The fourth-order valence-electron chi connectivity index (χ4n) is 3.83. The maximum atomic E-state index is 12.7. The second-order valence-electron chi connectivity index (χ2n) is 6.84. The molecule has 0 saturated carbocycles. The fourth-order valence-corrected chi connectivity index (χ4v) is 3.83. The van der Waals surface area contributed by atoms with Crippen molar-refractivity contribution in [2.45, 2.75) is 33.1 Å². The van der Waals surface area contributed by atoms with E-state index in [2.05, 4.69) is 17.0 Å². The number of likely N-dealkylation sites (tertiary alicyclic amines) is 1. The van der Waals surface area contributed by atoms with E-state index in [1.54, 1.807) is 0 Å². The van der Waals surface area contributed by atoms with E-state index in [1.165, 1.54) is 5.56 Å². The van der Waals surface area contributed by atoms with Gasteiger partial charge in [0.25, 0.3) is 0 Å². The molecular weight excluding hydrogens is 306 g/mol. The zero-order valence-electron chi connectivity index (χ0n) is 14.6. The molecule has 0 aromatic heterocycles. The van der Waals surface area contributed by atoms with Gasteiger partial charge in [0, 0.05) is 19.0 Å². The summed E-state index contributed by atoms with van der Waals surface area (Å²) in [6.07, 6.45) is 0.575. The molecule has 0 N–H and O–H groups in total. The molecule has 1 aromatic carbocycles. The first kappa shape index (κ1) is 17.4. The lowest BCUT2D eigenvalue weighted by molar-refractivity contribution is -0.183. The summed E-state index contributed by atoms with van der Waals surface area (Å²) in [5.74, 6) is -0.113. The zero-order valence-corrected chi connectivity index (χ0v) is 14.6. The summed E-state index contributed by atoms with van der Waals surface area (Å²) >= 11 is 0. The number of nitrogens with zero attached hydrogens (tertiary/aromatic N) is 1. The summed E-state index contributed by atoms with van der Waals surface area (Å²) in [6.45, 7) is 7.89. The molecule has 2 heterocycles. The Balaban J connectivity index is 1.75. The Labute approximate surface area is 143 Å². The number of hydrogen-bond donors (Lipinski definition) is 0. The topological polar surface area (TPSA) is 48.0 Å². The first-order chi connectivity index (χ1) is 11.6. The van der Waals surface area contributed by atoms with Crippen molar-refractivity contribution >= 4 is 5.97 Å². The van der Waals surface area contributed by atoms with Crippen LogP contribution in [0.1, 0.15) is 25.8 Å². The third-order valence-corrected chi connectivity index (χ3v) is 5.09. The van der Waals surface area contributed by atoms with Gasteiger partial charge in [0.2, 0.25) is 0 Å². The number of carbonyl (C=O) groups excluding carboxylic acids is 1. The average Bonchev–Trinajstić information content (AvgIpc) is 3.10. The maximum absolute atomic E-state index is 12.7. The monoisotopic (exact) mass is 333 g/mol. The number of piperidine rings is 1. The van der Waals surface area contributed by atoms with Crippen LogP contribution in [0.5, 0.6) is 0 Å². The van der Waals surface area contributed by atoms with Crippen LogP contribution < -0.4 is 0 Å². The molecule has 3 rings (SSSR count). The number of benzene rings is 1. The van der Waals surface area contributed by atoms with Crippen LogP contribution in [0.25, 0.3) is 0 Å². The molecule has 1 aromatic rings. The predicted molar refractivity (Wildman–Crippen MR) is 90.3 cm³/mol. The summed E-state index contributed by atoms with van der Waals surface area (Å²) in [4.78, 5) is 15.1. The lowest BCUT2D eigenvalue weighted by Gasteiger charge is -2.45. The molecule has 0 bridgehead atoms. The van der Waals surface area contributed by atoms with Gasteiger partial charge in [0.1, 0.15) is 0 Å². The van der Waals surface area contributed by atoms with Crippen molar-refractivity contribution in [2.24, 2.45) is 11.3 Å². The van der Waals surface area contributed by atoms with Crippen LogP contribution in [0.3, 0.4) is 0 Å². The number of hydrogen-bond acceptors (Lipinski definition) is 5. The Morgan fingerprint density at radius 3 is 2.67 bits per heavy atom. The van der Waals surface area contributed by atoms with E-state index in [9.17, 15) is 4.79 Å². The van der Waals surface area contributed by atoms with Crippen molar-refractivity contribution in [3.05, 3.63) is 35.9 Å². The summed E-state index contributed by atoms with van der Waals surface area (Å²) in [7, 11) is 0. The first-order valence-electron chi connectivity index (χ1n) is 8.80. The molecule has 2 saturated heterocycles. The van der Waals surface area contributed by atoms with Crippen molar-refractivity contribution in [1.29, 1.82) is 0 Å². The molecule has 0 spiro atoms. The third-order valence-electron chi connectivity index (χ3n) is 5.09. The van der Waals surface area contributed by atoms with Crippen LogP contribution in [0.4, 0.5) is 0 Å². The number of carbonyl (C=O) groups is 1. The van der Waals surface area contributed by atoms with Crippen molar-refractivity contribution in [1.82, 2.24) is 4.90 Å². The highest BCUT2D eigenvalue weighted by Gasteiger charge is 2.51. The van der Waals surface area contributed by atoms with E-state index in [1.807, 2.05) is 32.0 Å². The van der Waals surface area contributed by atoms with Gasteiger partial charge in [-0.05, 0) is 32.4 Å². The van der Waals surface area contributed by atoms with Gasteiger partial charge in [-0.15, -0.1) is 0 Å². The number of rotatable bonds is 5. The quantitative estimate of drug-likeness (QED) is 0.775. The molecule has 24 heavy (non-hydrogen) atoms. The van der Waals surface area contributed by atoms with E-state index in [0.717, 1.165) is 19.5 Å². The standard InChI is InChI=1S/C19H27NO4/c1-3-22-18(21)19(2)14-20(13-15-7-5-4-6-8-15)10-9-16(19)17-23-11-12-24-17/h4-8,16-17H,3,9-14H2,1-2H3. The second-order valence-corrected chi connectivity index (χ2v) is 6.84. The first-order valence-corrected chi connectivity index (χ1v) is 8.80. The number of ether oxygens (including phenoxy) is 3. The minimum absolute atomic E-state index is 0.0334. The van der Waals surface area contributed by atoms with Crippen molar-refractivity contribution < 1.29 is 19.0 Å². The highest BCUT2D eigenvalue weighted by atomic mass is 16.7. The maximum Gasteiger partial charge on any atom is 0.313 e. The molecule has 0 radical (unpaired) electrons. The van der Waals surface area contributed by atoms with Gasteiger partial charge in [-0.2, -0.15) is 0 Å². The van der Waals surface area contributed by atoms with Crippen LogP contribution in [0.2, 0.25) is 0 Å². The SMILES string of the molecule is CCOC(=O)C1(C)CN(Cc2ccccc2)CCC1C1OCCO1. The smallest absolute Gasteiger partial charge is 0.313 e. The van der Waals surface area contributed by atoms with E-state index < -0.39 is 5.41 Å². The van der Waals surface area contributed by atoms with Crippen molar-refractivity contribution in [3.8, 4) is 0 Å². The van der Waals surface area contributed by atoms with E-state index in [-0.39, 0.29) is 18.2 Å². The van der Waals surface area contributed by atoms with Gasteiger partial charge in [-0.3, -0.25) is 9.69 Å². The highest BCUT2D eigenvalue weighted by molar-refractivity contribution is 5.77. The van der Waals surface area contributed by atoms with E-state index >= 15 is 0 Å². The lowest BCUT2D eigenvalue weighted by atomic mass is 9.71.